The Morgan fingerprint density at radius 2 is 2.00 bits per heavy atom. The number of carbonyl (C=O) groups excluding carboxylic acids is 2. The van der Waals surface area contributed by atoms with E-state index < -0.39 is 6.09 Å². The van der Waals surface area contributed by atoms with E-state index in [1.54, 1.807) is 4.90 Å². The molecule has 0 aliphatic rings. The molecule has 0 fully saturated rings. The van der Waals surface area contributed by atoms with Gasteiger partial charge in [-0.25, -0.2) is 4.79 Å². The topological polar surface area (TPSA) is 58.6 Å². The molecule has 5 heteroatoms. The molecule has 2 amide bonds. The van der Waals surface area contributed by atoms with E-state index in [1.165, 1.54) is 14.0 Å². The van der Waals surface area contributed by atoms with E-state index in [1.807, 2.05) is 32.0 Å². The predicted molar refractivity (Wildman–Crippen MR) is 74.4 cm³/mol. The van der Waals surface area contributed by atoms with Crippen molar-refractivity contribution in [1.29, 1.82) is 0 Å². The van der Waals surface area contributed by atoms with Crippen LogP contribution in [0.5, 0.6) is 0 Å². The van der Waals surface area contributed by atoms with Crippen LogP contribution in [0.1, 0.15) is 18.1 Å². The van der Waals surface area contributed by atoms with E-state index in [-0.39, 0.29) is 5.91 Å². The van der Waals surface area contributed by atoms with Gasteiger partial charge in [-0.3, -0.25) is 4.79 Å². The van der Waals surface area contributed by atoms with Gasteiger partial charge in [-0.05, 0) is 31.0 Å². The molecular formula is C14H20N2O3. The maximum atomic E-state index is 11.7. The molecule has 0 spiro atoms. The monoisotopic (exact) mass is 264 g/mol. The van der Waals surface area contributed by atoms with Crippen LogP contribution in [0.4, 0.5) is 10.5 Å². The van der Waals surface area contributed by atoms with Crippen molar-refractivity contribution in [2.45, 2.75) is 20.8 Å². The number of nitrogens with one attached hydrogen (secondary N) is 1. The Hall–Kier alpha value is -2.04. The molecular weight excluding hydrogens is 244 g/mol. The van der Waals surface area contributed by atoms with Crippen LogP contribution in [-0.4, -0.2) is 32.2 Å². The van der Waals surface area contributed by atoms with E-state index in [9.17, 15) is 9.59 Å². The van der Waals surface area contributed by atoms with Crippen molar-refractivity contribution in [2.75, 3.05) is 25.1 Å². The standard InChI is InChI=1S/C14H20N2O3/c1-10-6-5-7-13(11(10)2)16(12(3)17)9-8-15-14(18)19-4/h5-7H,8-9H2,1-4H3,(H,15,18). The lowest BCUT2D eigenvalue weighted by molar-refractivity contribution is -0.116. The number of carbonyl (C=O) groups is 2. The number of nitrogens with zero attached hydrogens (tertiary/aromatic N) is 1. The largest absolute Gasteiger partial charge is 0.453 e. The van der Waals surface area contributed by atoms with Crippen molar-refractivity contribution in [2.24, 2.45) is 0 Å². The highest BCUT2D eigenvalue weighted by Crippen LogP contribution is 2.22. The number of benzene rings is 1. The SMILES string of the molecule is COC(=O)NCCN(C(C)=O)c1cccc(C)c1C. The minimum atomic E-state index is -0.496. The van der Waals surface area contributed by atoms with Gasteiger partial charge in [0.25, 0.3) is 0 Å². The first kappa shape index (κ1) is 15.0. The van der Waals surface area contributed by atoms with Crippen LogP contribution in [0.25, 0.3) is 0 Å². The first-order valence-electron chi connectivity index (χ1n) is 6.13. The lowest BCUT2D eigenvalue weighted by atomic mass is 10.1. The summed E-state index contributed by atoms with van der Waals surface area (Å²) in [5.41, 5.74) is 3.07. The van der Waals surface area contributed by atoms with E-state index in [0.717, 1.165) is 16.8 Å². The highest BCUT2D eigenvalue weighted by Gasteiger charge is 2.14. The third-order valence-corrected chi connectivity index (χ3v) is 3.04. The number of anilines is 1. The molecule has 1 aromatic carbocycles. The van der Waals surface area contributed by atoms with Gasteiger partial charge in [0.2, 0.25) is 5.91 Å². The zero-order valence-corrected chi connectivity index (χ0v) is 11.8. The maximum Gasteiger partial charge on any atom is 0.406 e. The number of rotatable bonds is 4. The van der Waals surface area contributed by atoms with Crippen molar-refractivity contribution < 1.29 is 14.3 Å². The fourth-order valence-electron chi connectivity index (χ4n) is 1.82. The quantitative estimate of drug-likeness (QED) is 0.905. The van der Waals surface area contributed by atoms with Crippen molar-refractivity contribution in [1.82, 2.24) is 5.32 Å². The molecule has 0 bridgehead atoms. The number of ether oxygens (including phenoxy) is 1. The van der Waals surface area contributed by atoms with Crippen LogP contribution in [0.3, 0.4) is 0 Å². The van der Waals surface area contributed by atoms with Crippen molar-refractivity contribution in [3.8, 4) is 0 Å². The summed E-state index contributed by atoms with van der Waals surface area (Å²) in [5.74, 6) is -0.0552. The average molecular weight is 264 g/mol. The molecule has 0 atom stereocenters. The van der Waals surface area contributed by atoms with E-state index in [4.69, 9.17) is 0 Å². The summed E-state index contributed by atoms with van der Waals surface area (Å²) >= 11 is 0. The minimum absolute atomic E-state index is 0.0552. The summed E-state index contributed by atoms with van der Waals surface area (Å²) in [5, 5.41) is 2.57. The molecule has 0 aliphatic heterocycles. The fraction of sp³-hybridized carbons (Fsp3) is 0.429. The van der Waals surface area contributed by atoms with Crippen molar-refractivity contribution in [3.05, 3.63) is 29.3 Å². The molecule has 0 aliphatic carbocycles. The average Bonchev–Trinajstić information content (AvgIpc) is 2.38. The minimum Gasteiger partial charge on any atom is -0.453 e. The van der Waals surface area contributed by atoms with Crippen LogP contribution in [0, 0.1) is 13.8 Å². The molecule has 0 aromatic heterocycles. The van der Waals surface area contributed by atoms with Gasteiger partial charge < -0.3 is 15.0 Å². The van der Waals surface area contributed by atoms with Crippen molar-refractivity contribution in [3.63, 3.8) is 0 Å². The van der Waals surface area contributed by atoms with E-state index in [2.05, 4.69) is 10.1 Å². The number of alkyl carbamates (subject to hydrolysis) is 1. The van der Waals surface area contributed by atoms with Crippen LogP contribution < -0.4 is 10.2 Å². The highest BCUT2D eigenvalue weighted by atomic mass is 16.5. The molecule has 104 valence electrons. The van der Waals surface area contributed by atoms with Gasteiger partial charge in [-0.2, -0.15) is 0 Å². The smallest absolute Gasteiger partial charge is 0.406 e. The van der Waals surface area contributed by atoms with Gasteiger partial charge in [-0.1, -0.05) is 12.1 Å². The molecule has 0 unspecified atom stereocenters. The summed E-state index contributed by atoms with van der Waals surface area (Å²) in [7, 11) is 1.31. The molecule has 1 aromatic rings. The van der Waals surface area contributed by atoms with Crippen LogP contribution in [0.2, 0.25) is 0 Å². The Balaban J connectivity index is 2.81. The molecule has 0 saturated carbocycles. The van der Waals surface area contributed by atoms with Gasteiger partial charge in [0, 0.05) is 25.7 Å². The second-order valence-electron chi connectivity index (χ2n) is 4.31. The number of hydrogen-bond acceptors (Lipinski definition) is 3. The number of methoxy groups -OCH3 is 1. The first-order valence-corrected chi connectivity index (χ1v) is 6.13. The highest BCUT2D eigenvalue weighted by molar-refractivity contribution is 5.92. The number of amides is 2. The summed E-state index contributed by atoms with van der Waals surface area (Å²) in [4.78, 5) is 24.4. The Morgan fingerprint density at radius 3 is 2.58 bits per heavy atom. The number of aryl methyl sites for hydroxylation is 1. The molecule has 1 N–H and O–H groups in total. The normalized spacial score (nSPS) is 9.89. The molecule has 0 saturated heterocycles. The van der Waals surface area contributed by atoms with Crippen LogP contribution >= 0.6 is 0 Å². The first-order chi connectivity index (χ1) is 8.97. The summed E-state index contributed by atoms with van der Waals surface area (Å²) in [6, 6.07) is 5.83. The van der Waals surface area contributed by atoms with Gasteiger partial charge in [-0.15, -0.1) is 0 Å². The Bertz CT molecular complexity index is 472. The Kier molecular flexibility index (Phi) is 5.36. The third kappa shape index (κ3) is 3.98. The number of hydrogen-bond donors (Lipinski definition) is 1. The van der Waals surface area contributed by atoms with Gasteiger partial charge >= 0.3 is 6.09 Å². The second kappa shape index (κ2) is 6.78. The van der Waals surface area contributed by atoms with Gasteiger partial charge in [0.15, 0.2) is 0 Å². The Labute approximate surface area is 113 Å². The zero-order chi connectivity index (χ0) is 14.4. The summed E-state index contributed by atoms with van der Waals surface area (Å²) in [6.45, 7) is 6.26. The molecule has 19 heavy (non-hydrogen) atoms. The fourth-order valence-corrected chi connectivity index (χ4v) is 1.82. The molecule has 5 nitrogen and oxygen atoms in total. The van der Waals surface area contributed by atoms with Gasteiger partial charge in [0.1, 0.15) is 0 Å². The van der Waals surface area contributed by atoms with Crippen LogP contribution in [-0.2, 0) is 9.53 Å². The molecule has 0 radical (unpaired) electrons. The molecule has 1 rings (SSSR count). The molecule has 0 heterocycles. The predicted octanol–water partition coefficient (Wildman–Crippen LogP) is 2.01. The lowest BCUT2D eigenvalue weighted by Crippen LogP contribution is -2.37. The Morgan fingerprint density at radius 1 is 1.32 bits per heavy atom. The zero-order valence-electron chi connectivity index (χ0n) is 11.8. The van der Waals surface area contributed by atoms with Gasteiger partial charge in [0.05, 0.1) is 7.11 Å². The summed E-state index contributed by atoms with van der Waals surface area (Å²) < 4.78 is 4.49. The van der Waals surface area contributed by atoms with E-state index in [0.29, 0.717) is 13.1 Å². The maximum absolute atomic E-state index is 11.7. The summed E-state index contributed by atoms with van der Waals surface area (Å²) in [6.07, 6.45) is -0.496. The van der Waals surface area contributed by atoms with Crippen LogP contribution in [0.15, 0.2) is 18.2 Å². The second-order valence-corrected chi connectivity index (χ2v) is 4.31. The lowest BCUT2D eigenvalue weighted by Gasteiger charge is -2.24. The third-order valence-electron chi connectivity index (χ3n) is 3.04. The van der Waals surface area contributed by atoms with Crippen molar-refractivity contribution >= 4 is 17.7 Å². The van der Waals surface area contributed by atoms with E-state index >= 15 is 0 Å².